The average molecular weight is 518 g/mol. The van der Waals surface area contributed by atoms with Gasteiger partial charge < -0.3 is 14.8 Å². The van der Waals surface area contributed by atoms with Crippen LogP contribution in [0.1, 0.15) is 59.5 Å². The largest absolute Gasteiger partial charge is 0.352 e. The van der Waals surface area contributed by atoms with Crippen LogP contribution >= 0.6 is 0 Å². The fourth-order valence-corrected chi connectivity index (χ4v) is 5.54. The molecule has 1 unspecified atom stereocenters. The topological polar surface area (TPSA) is 74.0 Å². The summed E-state index contributed by atoms with van der Waals surface area (Å²) in [4.78, 5) is 20.2. The molecule has 0 aliphatic carbocycles. The number of hydrogen-bond acceptors (Lipinski definition) is 4. The van der Waals surface area contributed by atoms with Gasteiger partial charge >= 0.3 is 0 Å². The lowest BCUT2D eigenvalue weighted by molar-refractivity contribution is -0.123. The number of imidazole rings is 1. The van der Waals surface area contributed by atoms with E-state index < -0.39 is 0 Å². The normalized spacial score (nSPS) is 16.5. The van der Waals surface area contributed by atoms with E-state index in [1.54, 1.807) is 12.5 Å². The fourth-order valence-electron chi connectivity index (χ4n) is 5.54. The van der Waals surface area contributed by atoms with Crippen molar-refractivity contribution in [3.8, 4) is 6.07 Å². The molecule has 5 rings (SSSR count). The quantitative estimate of drug-likeness (QED) is 0.326. The first-order chi connectivity index (χ1) is 19.1. The van der Waals surface area contributed by atoms with Gasteiger partial charge in [-0.3, -0.25) is 4.79 Å². The third kappa shape index (κ3) is 6.63. The van der Waals surface area contributed by atoms with Crippen LogP contribution in [0.5, 0.6) is 0 Å². The summed E-state index contributed by atoms with van der Waals surface area (Å²) in [5.41, 5.74) is 5.23. The number of nitrogens with one attached hydrogen (secondary N) is 1. The lowest BCUT2D eigenvalue weighted by Gasteiger charge is -2.36. The van der Waals surface area contributed by atoms with Crippen LogP contribution in [0.2, 0.25) is 0 Å². The van der Waals surface area contributed by atoms with E-state index >= 15 is 0 Å². The Bertz CT molecular complexity index is 1350. The van der Waals surface area contributed by atoms with E-state index in [1.807, 2.05) is 35.8 Å². The molecular formula is C33H35N5O. The van der Waals surface area contributed by atoms with Crippen LogP contribution in [0, 0.1) is 11.3 Å². The van der Waals surface area contributed by atoms with Crippen molar-refractivity contribution in [2.24, 2.45) is 0 Å². The van der Waals surface area contributed by atoms with Crippen LogP contribution in [-0.2, 0) is 11.3 Å². The molecule has 1 fully saturated rings. The smallest absolute Gasteiger partial charge is 0.229 e. The number of aromatic nitrogens is 2. The maximum atomic E-state index is 13.4. The van der Waals surface area contributed by atoms with Gasteiger partial charge in [-0.15, -0.1) is 0 Å². The first-order valence-electron chi connectivity index (χ1n) is 13.7. The van der Waals surface area contributed by atoms with E-state index in [9.17, 15) is 4.79 Å². The van der Waals surface area contributed by atoms with Crippen molar-refractivity contribution in [2.75, 3.05) is 19.6 Å². The Labute approximate surface area is 230 Å². The van der Waals surface area contributed by atoms with Crippen LogP contribution in [0.15, 0.2) is 97.5 Å². The minimum atomic E-state index is -0.317. The van der Waals surface area contributed by atoms with Crippen molar-refractivity contribution in [2.45, 2.75) is 44.2 Å². The van der Waals surface area contributed by atoms with Gasteiger partial charge in [0, 0.05) is 43.5 Å². The summed E-state index contributed by atoms with van der Waals surface area (Å²) < 4.78 is 2.02. The van der Waals surface area contributed by atoms with Gasteiger partial charge in [0.15, 0.2) is 0 Å². The summed E-state index contributed by atoms with van der Waals surface area (Å²) in [6.07, 6.45) is 5.60. The Morgan fingerprint density at radius 1 is 1.03 bits per heavy atom. The van der Waals surface area contributed by atoms with Gasteiger partial charge in [0.25, 0.3) is 0 Å². The van der Waals surface area contributed by atoms with Gasteiger partial charge in [0.2, 0.25) is 5.91 Å². The summed E-state index contributed by atoms with van der Waals surface area (Å²) >= 11 is 0. The molecule has 0 saturated carbocycles. The number of nitriles is 1. The molecule has 3 aromatic carbocycles. The number of piperidine rings is 1. The molecule has 6 nitrogen and oxygen atoms in total. The van der Waals surface area contributed by atoms with Gasteiger partial charge in [0.1, 0.15) is 0 Å². The second kappa shape index (κ2) is 12.6. The monoisotopic (exact) mass is 517 g/mol. The highest BCUT2D eigenvalue weighted by Crippen LogP contribution is 2.27. The van der Waals surface area contributed by atoms with Gasteiger partial charge in [-0.05, 0) is 55.1 Å². The molecule has 1 saturated heterocycles. The van der Waals surface area contributed by atoms with Gasteiger partial charge in [-0.25, -0.2) is 4.98 Å². The SMILES string of the molecule is C[C@H](C(=O)NC1CCCN(CC(c2ccccc2)c2ccccc2)C1)c1cncn1Cc1ccc(C#N)cc1. The third-order valence-corrected chi connectivity index (χ3v) is 7.71. The van der Waals surface area contributed by atoms with Crippen molar-refractivity contribution in [1.29, 1.82) is 5.26 Å². The standard InChI is InChI=1S/C33H35N5O/c1-25(32-20-35-24-38(32)21-27-16-14-26(19-34)15-17-27)33(39)36-30-13-8-18-37(22-30)23-31(28-9-4-2-5-10-28)29-11-6-3-7-12-29/h2-7,9-12,14-17,20,24-25,30-31H,8,13,18,21-23H2,1H3,(H,36,39)/t25-,30?/m0/s1. The number of carbonyl (C=O) groups is 1. The van der Waals surface area contributed by atoms with Crippen molar-refractivity contribution in [3.05, 3.63) is 125 Å². The fraction of sp³-hybridized carbons (Fsp3) is 0.303. The molecule has 0 spiro atoms. The number of nitrogens with zero attached hydrogens (tertiary/aromatic N) is 4. The van der Waals surface area contributed by atoms with Crippen LogP contribution < -0.4 is 5.32 Å². The number of hydrogen-bond donors (Lipinski definition) is 1. The maximum Gasteiger partial charge on any atom is 0.229 e. The highest BCUT2D eigenvalue weighted by atomic mass is 16.2. The number of rotatable bonds is 9. The van der Waals surface area contributed by atoms with Crippen LogP contribution in [0.3, 0.4) is 0 Å². The molecule has 1 aliphatic heterocycles. The molecule has 1 N–H and O–H groups in total. The summed E-state index contributed by atoms with van der Waals surface area (Å²) in [6.45, 7) is 5.36. The summed E-state index contributed by atoms with van der Waals surface area (Å²) in [7, 11) is 0. The second-order valence-electron chi connectivity index (χ2n) is 10.5. The molecule has 1 amide bonds. The van der Waals surface area contributed by atoms with E-state index in [1.165, 1.54) is 11.1 Å². The van der Waals surface area contributed by atoms with Crippen LogP contribution in [-0.4, -0.2) is 46.0 Å². The number of benzene rings is 3. The lowest BCUT2D eigenvalue weighted by atomic mass is 9.90. The lowest BCUT2D eigenvalue weighted by Crippen LogP contribution is -2.49. The summed E-state index contributed by atoms with van der Waals surface area (Å²) in [6, 6.07) is 31.2. The minimum Gasteiger partial charge on any atom is -0.352 e. The number of amides is 1. The van der Waals surface area contributed by atoms with Crippen LogP contribution in [0.4, 0.5) is 0 Å². The Hall–Kier alpha value is -4.21. The summed E-state index contributed by atoms with van der Waals surface area (Å²) in [5.74, 6) is 0.00564. The highest BCUT2D eigenvalue weighted by Gasteiger charge is 2.27. The molecule has 2 heterocycles. The number of carbonyl (C=O) groups excluding carboxylic acids is 1. The van der Waals surface area contributed by atoms with E-state index in [-0.39, 0.29) is 23.8 Å². The van der Waals surface area contributed by atoms with E-state index in [2.05, 4.69) is 81.9 Å². The first kappa shape index (κ1) is 26.4. The maximum absolute atomic E-state index is 13.4. The zero-order valence-electron chi connectivity index (χ0n) is 22.4. The van der Waals surface area contributed by atoms with E-state index in [0.717, 1.165) is 43.7 Å². The Morgan fingerprint density at radius 2 is 1.69 bits per heavy atom. The van der Waals surface area contributed by atoms with Gasteiger partial charge in [0.05, 0.1) is 23.9 Å². The third-order valence-electron chi connectivity index (χ3n) is 7.71. The van der Waals surface area contributed by atoms with Gasteiger partial charge in [-0.1, -0.05) is 72.8 Å². The van der Waals surface area contributed by atoms with Crippen molar-refractivity contribution < 1.29 is 4.79 Å². The molecule has 198 valence electrons. The molecule has 2 atom stereocenters. The van der Waals surface area contributed by atoms with E-state index in [4.69, 9.17) is 5.26 Å². The van der Waals surface area contributed by atoms with Crippen molar-refractivity contribution in [3.63, 3.8) is 0 Å². The van der Waals surface area contributed by atoms with Crippen LogP contribution in [0.25, 0.3) is 0 Å². The minimum absolute atomic E-state index is 0.0334. The molecular weight excluding hydrogens is 482 g/mol. The van der Waals surface area contributed by atoms with E-state index in [0.29, 0.717) is 12.1 Å². The predicted octanol–water partition coefficient (Wildman–Crippen LogP) is 5.32. The zero-order chi connectivity index (χ0) is 27.0. The van der Waals surface area contributed by atoms with Crippen molar-refractivity contribution >= 4 is 5.91 Å². The molecule has 1 aromatic heterocycles. The first-order valence-corrected chi connectivity index (χ1v) is 13.7. The molecule has 39 heavy (non-hydrogen) atoms. The highest BCUT2D eigenvalue weighted by molar-refractivity contribution is 5.83. The molecule has 4 aromatic rings. The Morgan fingerprint density at radius 3 is 2.33 bits per heavy atom. The second-order valence-corrected chi connectivity index (χ2v) is 10.5. The Balaban J connectivity index is 1.22. The predicted molar refractivity (Wildman–Crippen MR) is 153 cm³/mol. The molecule has 1 aliphatic rings. The summed E-state index contributed by atoms with van der Waals surface area (Å²) in [5, 5.41) is 12.4. The van der Waals surface area contributed by atoms with Crippen molar-refractivity contribution in [1.82, 2.24) is 19.8 Å². The molecule has 0 radical (unpaired) electrons. The van der Waals surface area contributed by atoms with Gasteiger partial charge in [-0.2, -0.15) is 5.26 Å². The zero-order valence-corrected chi connectivity index (χ0v) is 22.4. The molecule has 0 bridgehead atoms. The number of likely N-dealkylation sites (tertiary alicyclic amines) is 1. The average Bonchev–Trinajstić information content (AvgIpc) is 3.45. The Kier molecular flexibility index (Phi) is 8.50. The molecule has 6 heteroatoms.